The molecule has 0 bridgehead atoms. The van der Waals surface area contributed by atoms with Gasteiger partial charge in [0.05, 0.1) is 12.2 Å². The number of hydrogen-bond acceptors (Lipinski definition) is 5. The van der Waals surface area contributed by atoms with E-state index in [1.54, 1.807) is 17.7 Å². The van der Waals surface area contributed by atoms with Crippen molar-refractivity contribution in [1.29, 1.82) is 0 Å². The molecule has 0 aliphatic rings. The standard InChI is InChI=1S/C22H19Cl2N3O4/c1-14-18(22(24)27(26-14)12-15-4-2-3-5-19(15)23)10-11-21(30)31-13-20(29)25-16-6-8-17(28)9-7-16/h2-11,28H,12-13H2,1H3,(H,25,29)/b11-10+. The molecule has 0 aliphatic heterocycles. The first-order valence-electron chi connectivity index (χ1n) is 9.23. The zero-order valence-electron chi connectivity index (χ0n) is 16.5. The van der Waals surface area contributed by atoms with E-state index < -0.39 is 18.5 Å². The second kappa shape index (κ2) is 10.1. The average Bonchev–Trinajstić information content (AvgIpc) is 3.01. The fourth-order valence-electron chi connectivity index (χ4n) is 2.73. The smallest absolute Gasteiger partial charge is 0.331 e. The van der Waals surface area contributed by atoms with Crippen molar-refractivity contribution in [1.82, 2.24) is 9.78 Å². The number of carbonyl (C=O) groups excluding carboxylic acids is 2. The highest BCUT2D eigenvalue weighted by molar-refractivity contribution is 6.32. The lowest BCUT2D eigenvalue weighted by Gasteiger charge is -2.06. The van der Waals surface area contributed by atoms with Crippen molar-refractivity contribution in [2.75, 3.05) is 11.9 Å². The normalized spacial score (nSPS) is 10.9. The van der Waals surface area contributed by atoms with Crippen molar-refractivity contribution in [3.8, 4) is 5.75 Å². The summed E-state index contributed by atoms with van der Waals surface area (Å²) in [5.41, 5.74) is 2.54. The number of anilines is 1. The van der Waals surface area contributed by atoms with Gasteiger partial charge < -0.3 is 15.2 Å². The van der Waals surface area contributed by atoms with E-state index in [0.29, 0.717) is 33.7 Å². The Labute approximate surface area is 188 Å². The van der Waals surface area contributed by atoms with Crippen LogP contribution in [0.1, 0.15) is 16.8 Å². The maximum atomic E-state index is 12.0. The summed E-state index contributed by atoms with van der Waals surface area (Å²) >= 11 is 12.6. The summed E-state index contributed by atoms with van der Waals surface area (Å²) < 4.78 is 6.54. The van der Waals surface area contributed by atoms with Crippen LogP contribution in [0, 0.1) is 6.92 Å². The number of carbonyl (C=O) groups is 2. The predicted octanol–water partition coefficient (Wildman–Crippen LogP) is 4.45. The van der Waals surface area contributed by atoms with Crippen LogP contribution in [0.15, 0.2) is 54.6 Å². The van der Waals surface area contributed by atoms with Gasteiger partial charge in [0.2, 0.25) is 0 Å². The summed E-state index contributed by atoms with van der Waals surface area (Å²) in [6, 6.07) is 13.3. The number of nitrogens with zero attached hydrogens (tertiary/aromatic N) is 2. The molecule has 2 aromatic carbocycles. The van der Waals surface area contributed by atoms with Crippen molar-refractivity contribution < 1.29 is 19.4 Å². The number of halogens is 2. The third-order valence-corrected chi connectivity index (χ3v) is 5.04. The van der Waals surface area contributed by atoms with Crippen molar-refractivity contribution in [3.63, 3.8) is 0 Å². The van der Waals surface area contributed by atoms with Crippen molar-refractivity contribution >= 4 is 46.8 Å². The Morgan fingerprint density at radius 1 is 1.16 bits per heavy atom. The van der Waals surface area contributed by atoms with Crippen LogP contribution < -0.4 is 5.32 Å². The van der Waals surface area contributed by atoms with Gasteiger partial charge >= 0.3 is 5.97 Å². The first-order chi connectivity index (χ1) is 14.8. The summed E-state index contributed by atoms with van der Waals surface area (Å²) in [5.74, 6) is -1.12. The molecule has 31 heavy (non-hydrogen) atoms. The highest BCUT2D eigenvalue weighted by Crippen LogP contribution is 2.24. The summed E-state index contributed by atoms with van der Waals surface area (Å²) in [6.45, 7) is 1.70. The van der Waals surface area contributed by atoms with Gasteiger partial charge in [0.25, 0.3) is 5.91 Å². The molecule has 0 radical (unpaired) electrons. The SMILES string of the molecule is Cc1nn(Cc2ccccc2Cl)c(Cl)c1/C=C/C(=O)OCC(=O)Nc1ccc(O)cc1. The number of phenolic OH excluding ortho intramolecular Hbond substituents is 1. The molecule has 2 N–H and O–H groups in total. The number of nitrogens with one attached hydrogen (secondary N) is 1. The van der Waals surface area contributed by atoms with E-state index in [2.05, 4.69) is 10.4 Å². The molecule has 1 heterocycles. The van der Waals surface area contributed by atoms with E-state index in [4.69, 9.17) is 27.9 Å². The molecule has 0 spiro atoms. The zero-order chi connectivity index (χ0) is 22.4. The van der Waals surface area contributed by atoms with E-state index in [1.807, 2.05) is 18.2 Å². The second-order valence-corrected chi connectivity index (χ2v) is 7.34. The van der Waals surface area contributed by atoms with Crippen LogP contribution in [0.3, 0.4) is 0 Å². The summed E-state index contributed by atoms with van der Waals surface area (Å²) in [4.78, 5) is 23.8. The fraction of sp³-hybridized carbons (Fsp3) is 0.136. The van der Waals surface area contributed by atoms with Gasteiger partial charge in [-0.05, 0) is 48.9 Å². The average molecular weight is 460 g/mol. The second-order valence-electron chi connectivity index (χ2n) is 6.58. The number of rotatable bonds is 7. The van der Waals surface area contributed by atoms with Crippen LogP contribution in [0.4, 0.5) is 5.69 Å². The van der Waals surface area contributed by atoms with Crippen LogP contribution in [-0.2, 0) is 20.9 Å². The molecule has 3 rings (SSSR count). The van der Waals surface area contributed by atoms with Gasteiger partial charge in [-0.1, -0.05) is 41.4 Å². The van der Waals surface area contributed by atoms with Crippen LogP contribution in [0.2, 0.25) is 10.2 Å². The largest absolute Gasteiger partial charge is 0.508 e. The number of phenols is 1. The van der Waals surface area contributed by atoms with Gasteiger partial charge in [-0.2, -0.15) is 5.10 Å². The Morgan fingerprint density at radius 2 is 1.87 bits per heavy atom. The third-order valence-electron chi connectivity index (χ3n) is 4.27. The monoisotopic (exact) mass is 459 g/mol. The molecule has 0 saturated heterocycles. The zero-order valence-corrected chi connectivity index (χ0v) is 18.0. The van der Waals surface area contributed by atoms with Crippen molar-refractivity contribution in [2.24, 2.45) is 0 Å². The Bertz CT molecular complexity index is 1120. The van der Waals surface area contributed by atoms with E-state index in [-0.39, 0.29) is 5.75 Å². The molecule has 7 nitrogen and oxygen atoms in total. The first-order valence-corrected chi connectivity index (χ1v) is 9.99. The molecular weight excluding hydrogens is 441 g/mol. The minimum absolute atomic E-state index is 0.0821. The molecule has 1 aromatic heterocycles. The summed E-state index contributed by atoms with van der Waals surface area (Å²) in [7, 11) is 0. The minimum atomic E-state index is -0.699. The molecule has 0 saturated carbocycles. The highest BCUT2D eigenvalue weighted by Gasteiger charge is 2.13. The fourth-order valence-corrected chi connectivity index (χ4v) is 3.22. The summed E-state index contributed by atoms with van der Waals surface area (Å²) in [5, 5.41) is 17.1. The van der Waals surface area contributed by atoms with Crippen molar-refractivity contribution in [2.45, 2.75) is 13.5 Å². The van der Waals surface area contributed by atoms with Gasteiger partial charge in [-0.15, -0.1) is 0 Å². The third kappa shape index (κ3) is 6.10. The van der Waals surface area contributed by atoms with E-state index in [9.17, 15) is 14.7 Å². The van der Waals surface area contributed by atoms with E-state index in [1.165, 1.54) is 36.4 Å². The van der Waals surface area contributed by atoms with Gasteiger partial charge in [0, 0.05) is 22.3 Å². The van der Waals surface area contributed by atoms with Crippen molar-refractivity contribution in [3.05, 3.63) is 81.6 Å². The lowest BCUT2D eigenvalue weighted by Crippen LogP contribution is -2.20. The lowest BCUT2D eigenvalue weighted by molar-refractivity contribution is -0.142. The van der Waals surface area contributed by atoms with Crippen LogP contribution >= 0.6 is 23.2 Å². The quantitative estimate of drug-likeness (QED) is 0.309. The molecule has 1 amide bonds. The van der Waals surface area contributed by atoms with E-state index >= 15 is 0 Å². The Balaban J connectivity index is 1.57. The molecule has 0 atom stereocenters. The van der Waals surface area contributed by atoms with Crippen LogP contribution in [0.25, 0.3) is 6.08 Å². The molecular formula is C22H19Cl2N3O4. The summed E-state index contributed by atoms with van der Waals surface area (Å²) in [6.07, 6.45) is 2.68. The maximum Gasteiger partial charge on any atom is 0.331 e. The molecule has 3 aromatic rings. The number of ether oxygens (including phenoxy) is 1. The molecule has 9 heteroatoms. The van der Waals surface area contributed by atoms with E-state index in [0.717, 1.165) is 5.56 Å². The number of amides is 1. The maximum absolute atomic E-state index is 12.0. The number of benzene rings is 2. The van der Waals surface area contributed by atoms with Crippen LogP contribution in [-0.4, -0.2) is 33.4 Å². The minimum Gasteiger partial charge on any atom is -0.508 e. The van der Waals surface area contributed by atoms with Crippen LogP contribution in [0.5, 0.6) is 5.75 Å². The van der Waals surface area contributed by atoms with Gasteiger partial charge in [0.15, 0.2) is 6.61 Å². The van der Waals surface area contributed by atoms with Gasteiger partial charge in [0.1, 0.15) is 10.9 Å². The Hall–Kier alpha value is -3.29. The molecule has 0 aliphatic carbocycles. The number of aromatic nitrogens is 2. The molecule has 0 fully saturated rings. The number of esters is 1. The van der Waals surface area contributed by atoms with Gasteiger partial charge in [-0.25, -0.2) is 9.48 Å². The number of aryl methyl sites for hydroxylation is 1. The molecule has 160 valence electrons. The first kappa shape index (κ1) is 22.4. The number of aromatic hydroxyl groups is 1. The predicted molar refractivity (Wildman–Crippen MR) is 119 cm³/mol. The Kier molecular flexibility index (Phi) is 7.33. The lowest BCUT2D eigenvalue weighted by atomic mass is 10.2. The molecule has 0 unspecified atom stereocenters. The highest BCUT2D eigenvalue weighted by atomic mass is 35.5. The Morgan fingerprint density at radius 3 is 2.58 bits per heavy atom. The number of hydrogen-bond donors (Lipinski definition) is 2. The van der Waals surface area contributed by atoms with Gasteiger partial charge in [-0.3, -0.25) is 4.79 Å². The topological polar surface area (TPSA) is 93.5 Å².